The molecule has 1 spiro atoms. The maximum atomic E-state index is 12.5. The number of nitrogens with zero attached hydrogens (tertiary/aromatic N) is 1. The second-order valence-electron chi connectivity index (χ2n) is 6.38. The number of urea groups is 1. The van der Waals surface area contributed by atoms with Crippen molar-refractivity contribution in [2.75, 3.05) is 13.1 Å². The van der Waals surface area contributed by atoms with E-state index in [1.807, 2.05) is 6.07 Å². The quantitative estimate of drug-likeness (QED) is 0.671. The zero-order valence-electron chi connectivity index (χ0n) is 13.9. The first-order valence-electron chi connectivity index (χ1n) is 8.20. The molecule has 8 nitrogen and oxygen atoms in total. The van der Waals surface area contributed by atoms with Crippen LogP contribution in [0.2, 0.25) is 0 Å². The van der Waals surface area contributed by atoms with E-state index in [1.165, 1.54) is 0 Å². The fourth-order valence-corrected chi connectivity index (χ4v) is 3.19. The average molecular weight is 344 g/mol. The smallest absolute Gasteiger partial charge is 0.322 e. The lowest BCUT2D eigenvalue weighted by molar-refractivity contribution is -0.137. The van der Waals surface area contributed by atoms with Gasteiger partial charge in [-0.15, -0.1) is 0 Å². The van der Waals surface area contributed by atoms with E-state index in [9.17, 15) is 19.2 Å². The molecule has 2 heterocycles. The van der Waals surface area contributed by atoms with E-state index in [4.69, 9.17) is 0 Å². The minimum atomic E-state index is -0.912. The lowest BCUT2D eigenvalue weighted by Gasteiger charge is -2.38. The highest BCUT2D eigenvalue weighted by molar-refractivity contribution is 6.07. The maximum Gasteiger partial charge on any atom is 0.322 e. The normalized spacial score (nSPS) is 20.0. The third kappa shape index (κ3) is 3.33. The molecule has 2 fully saturated rings. The molecule has 1 unspecified atom stereocenters. The minimum Gasteiger partial charge on any atom is -0.341 e. The summed E-state index contributed by atoms with van der Waals surface area (Å²) in [7, 11) is 0. The molecule has 3 rings (SSSR count). The van der Waals surface area contributed by atoms with E-state index in [2.05, 4.69) is 16.0 Å². The largest absolute Gasteiger partial charge is 0.341 e. The van der Waals surface area contributed by atoms with Crippen molar-refractivity contribution < 1.29 is 19.2 Å². The molecule has 132 valence electrons. The van der Waals surface area contributed by atoms with Gasteiger partial charge < -0.3 is 15.5 Å². The van der Waals surface area contributed by atoms with Crippen molar-refractivity contribution in [1.82, 2.24) is 20.9 Å². The highest BCUT2D eigenvalue weighted by Gasteiger charge is 2.48. The Hall–Kier alpha value is -2.90. The number of carbonyl (C=O) groups excluding carboxylic acids is 4. The second-order valence-corrected chi connectivity index (χ2v) is 6.38. The summed E-state index contributed by atoms with van der Waals surface area (Å²) in [6.45, 7) is 2.33. The van der Waals surface area contributed by atoms with Crippen LogP contribution in [-0.2, 0) is 9.59 Å². The fourth-order valence-electron chi connectivity index (χ4n) is 3.19. The molecular formula is C17H20N4O4. The van der Waals surface area contributed by atoms with Crippen LogP contribution in [0.4, 0.5) is 4.79 Å². The van der Waals surface area contributed by atoms with Crippen LogP contribution >= 0.6 is 0 Å². The molecule has 3 N–H and O–H groups in total. The Morgan fingerprint density at radius 1 is 1.16 bits per heavy atom. The minimum absolute atomic E-state index is 0.205. The van der Waals surface area contributed by atoms with Gasteiger partial charge in [-0.2, -0.15) is 0 Å². The molecule has 0 aromatic heterocycles. The number of imide groups is 1. The van der Waals surface area contributed by atoms with Crippen LogP contribution in [0.25, 0.3) is 0 Å². The molecule has 1 aromatic rings. The van der Waals surface area contributed by atoms with E-state index < -0.39 is 17.6 Å². The molecule has 0 saturated carbocycles. The summed E-state index contributed by atoms with van der Waals surface area (Å²) in [4.78, 5) is 49.5. The summed E-state index contributed by atoms with van der Waals surface area (Å²) in [5, 5.41) is 7.58. The van der Waals surface area contributed by atoms with Crippen molar-refractivity contribution in [1.29, 1.82) is 0 Å². The Bertz CT molecular complexity index is 711. The number of hydrogen-bond donors (Lipinski definition) is 3. The Kier molecular flexibility index (Phi) is 4.43. The van der Waals surface area contributed by atoms with E-state index in [0.717, 1.165) is 0 Å². The zero-order valence-corrected chi connectivity index (χ0v) is 13.9. The molecule has 8 heteroatoms. The van der Waals surface area contributed by atoms with Gasteiger partial charge in [0.2, 0.25) is 5.91 Å². The molecule has 2 aliphatic rings. The fraction of sp³-hybridized carbons (Fsp3) is 0.412. The molecule has 2 aliphatic heterocycles. The van der Waals surface area contributed by atoms with E-state index in [0.29, 0.717) is 31.5 Å². The summed E-state index contributed by atoms with van der Waals surface area (Å²) in [5.41, 5.74) is -0.421. The van der Waals surface area contributed by atoms with E-state index in [1.54, 1.807) is 36.1 Å². The van der Waals surface area contributed by atoms with Crippen LogP contribution < -0.4 is 16.0 Å². The predicted octanol–water partition coefficient (Wildman–Crippen LogP) is 0.00550. The maximum absolute atomic E-state index is 12.5. The molecule has 1 atom stereocenters. The van der Waals surface area contributed by atoms with Gasteiger partial charge in [0, 0.05) is 18.7 Å². The second kappa shape index (κ2) is 6.54. The summed E-state index contributed by atoms with van der Waals surface area (Å²) in [6, 6.07) is 7.52. The Morgan fingerprint density at radius 3 is 2.36 bits per heavy atom. The molecule has 0 aliphatic carbocycles. The van der Waals surface area contributed by atoms with Crippen LogP contribution in [0.3, 0.4) is 0 Å². The zero-order chi connectivity index (χ0) is 18.0. The van der Waals surface area contributed by atoms with Crippen molar-refractivity contribution >= 4 is 23.8 Å². The number of hydrogen-bond acceptors (Lipinski definition) is 4. The van der Waals surface area contributed by atoms with Gasteiger partial charge in [0.05, 0.1) is 0 Å². The third-order valence-electron chi connectivity index (χ3n) is 4.70. The Labute approximate surface area is 144 Å². The average Bonchev–Trinajstić information content (AvgIpc) is 2.88. The van der Waals surface area contributed by atoms with Crippen molar-refractivity contribution in [2.24, 2.45) is 0 Å². The van der Waals surface area contributed by atoms with Crippen LogP contribution in [-0.4, -0.2) is 53.3 Å². The molecule has 5 amide bonds. The lowest BCUT2D eigenvalue weighted by atomic mass is 9.87. The van der Waals surface area contributed by atoms with Gasteiger partial charge in [0.15, 0.2) is 0 Å². The van der Waals surface area contributed by atoms with Crippen molar-refractivity contribution in [3.63, 3.8) is 0 Å². The van der Waals surface area contributed by atoms with Gasteiger partial charge >= 0.3 is 6.03 Å². The van der Waals surface area contributed by atoms with Gasteiger partial charge in [0.25, 0.3) is 11.8 Å². The van der Waals surface area contributed by atoms with Crippen molar-refractivity contribution in [3.8, 4) is 0 Å². The van der Waals surface area contributed by atoms with Crippen LogP contribution in [0.15, 0.2) is 30.3 Å². The molecule has 2 saturated heterocycles. The van der Waals surface area contributed by atoms with Crippen molar-refractivity contribution in [3.05, 3.63) is 35.9 Å². The number of amides is 5. The molecule has 1 aromatic carbocycles. The monoisotopic (exact) mass is 344 g/mol. The van der Waals surface area contributed by atoms with Gasteiger partial charge in [-0.3, -0.25) is 19.7 Å². The number of rotatable bonds is 3. The van der Waals surface area contributed by atoms with Crippen molar-refractivity contribution in [2.45, 2.75) is 31.3 Å². The number of nitrogens with one attached hydrogen (secondary N) is 3. The van der Waals surface area contributed by atoms with E-state index >= 15 is 0 Å². The third-order valence-corrected chi connectivity index (χ3v) is 4.70. The lowest BCUT2D eigenvalue weighted by Crippen LogP contribution is -2.58. The first-order valence-corrected chi connectivity index (χ1v) is 8.20. The highest BCUT2D eigenvalue weighted by Crippen LogP contribution is 2.25. The van der Waals surface area contributed by atoms with E-state index in [-0.39, 0.29) is 17.7 Å². The SMILES string of the molecule is CC(NC(=O)c1ccccc1)C(=O)N1CCC2(CC1)NC(=O)NC2=O. The molecular weight excluding hydrogens is 324 g/mol. The molecule has 25 heavy (non-hydrogen) atoms. The number of piperidine rings is 1. The number of likely N-dealkylation sites (tertiary alicyclic amines) is 1. The molecule has 0 radical (unpaired) electrons. The first kappa shape index (κ1) is 16.9. The van der Waals surface area contributed by atoms with Crippen LogP contribution in [0.1, 0.15) is 30.1 Å². The van der Waals surface area contributed by atoms with Gasteiger partial charge in [-0.05, 0) is 31.9 Å². The predicted molar refractivity (Wildman–Crippen MR) is 88.6 cm³/mol. The highest BCUT2D eigenvalue weighted by atomic mass is 16.2. The summed E-state index contributed by atoms with van der Waals surface area (Å²) in [6.07, 6.45) is 0.714. The molecule has 0 bridgehead atoms. The summed E-state index contributed by atoms with van der Waals surface area (Å²) in [5.74, 6) is -0.851. The van der Waals surface area contributed by atoms with Gasteiger partial charge in [0.1, 0.15) is 11.6 Å². The number of benzene rings is 1. The van der Waals surface area contributed by atoms with Gasteiger partial charge in [-0.1, -0.05) is 18.2 Å². The van der Waals surface area contributed by atoms with Crippen LogP contribution in [0, 0.1) is 0 Å². The van der Waals surface area contributed by atoms with Crippen LogP contribution in [0.5, 0.6) is 0 Å². The van der Waals surface area contributed by atoms with Gasteiger partial charge in [-0.25, -0.2) is 4.79 Å². The standard InChI is InChI=1S/C17H20N4O4/c1-11(18-13(22)12-5-3-2-4-6-12)14(23)21-9-7-17(8-10-21)15(24)19-16(25)20-17/h2-6,11H,7-10H2,1H3,(H,18,22)(H2,19,20,24,25). The number of carbonyl (C=O) groups is 4. The topological polar surface area (TPSA) is 108 Å². The first-order chi connectivity index (χ1) is 11.9. The Balaban J connectivity index is 1.56. The summed E-state index contributed by atoms with van der Waals surface area (Å²) >= 11 is 0. The Morgan fingerprint density at radius 2 is 1.80 bits per heavy atom. The summed E-state index contributed by atoms with van der Waals surface area (Å²) < 4.78 is 0.